The molecule has 148 valence electrons. The molecular weight excluding hydrogens is 389 g/mol. The topological polar surface area (TPSA) is 29.0 Å². The molecule has 1 aromatic heterocycles. The Morgan fingerprint density at radius 3 is 2.14 bits per heavy atom. The van der Waals surface area contributed by atoms with Gasteiger partial charge in [0.1, 0.15) is 0 Å². The maximum Gasteiger partial charge on any atom is 0.159 e. The van der Waals surface area contributed by atoms with Crippen LogP contribution in [0.25, 0.3) is 11.4 Å². The van der Waals surface area contributed by atoms with E-state index in [1.807, 2.05) is 30.5 Å². The van der Waals surface area contributed by atoms with Gasteiger partial charge < -0.3 is 0 Å². The second-order valence-corrected chi connectivity index (χ2v) is 7.15. The van der Waals surface area contributed by atoms with Crippen LogP contribution in [0.5, 0.6) is 0 Å². The molecule has 1 saturated heterocycles. The van der Waals surface area contributed by atoms with E-state index in [1.165, 1.54) is 24.8 Å². The van der Waals surface area contributed by atoms with Gasteiger partial charge in [0.25, 0.3) is 0 Å². The molecule has 1 aliphatic heterocycles. The van der Waals surface area contributed by atoms with E-state index in [2.05, 4.69) is 52.3 Å². The van der Waals surface area contributed by atoms with Gasteiger partial charge in [-0.1, -0.05) is 60.7 Å². The molecule has 0 amide bonds. The first-order chi connectivity index (χ1) is 12.9. The number of hydrogen-bond acceptors (Lipinski definition) is 3. The quantitative estimate of drug-likeness (QED) is 0.555. The average molecular weight is 416 g/mol. The number of rotatable bonds is 5. The van der Waals surface area contributed by atoms with Gasteiger partial charge in [-0.15, -0.1) is 24.8 Å². The Balaban J connectivity index is 0.00000140. The molecule has 0 saturated carbocycles. The second kappa shape index (κ2) is 11.2. The summed E-state index contributed by atoms with van der Waals surface area (Å²) in [6, 6.07) is 23.1. The molecule has 1 aliphatic rings. The minimum Gasteiger partial charge on any atom is -0.297 e. The van der Waals surface area contributed by atoms with Gasteiger partial charge in [0.2, 0.25) is 0 Å². The lowest BCUT2D eigenvalue weighted by Gasteiger charge is -2.31. The summed E-state index contributed by atoms with van der Waals surface area (Å²) in [4.78, 5) is 11.7. The molecule has 1 fully saturated rings. The fourth-order valence-electron chi connectivity index (χ4n) is 3.74. The first-order valence-corrected chi connectivity index (χ1v) is 9.50. The Bertz CT molecular complexity index is 820. The van der Waals surface area contributed by atoms with Crippen molar-refractivity contribution in [1.29, 1.82) is 0 Å². The van der Waals surface area contributed by atoms with Crippen molar-refractivity contribution in [1.82, 2.24) is 14.9 Å². The fourth-order valence-corrected chi connectivity index (χ4v) is 3.74. The van der Waals surface area contributed by atoms with Crippen LogP contribution in [0.4, 0.5) is 0 Å². The zero-order valence-corrected chi connectivity index (χ0v) is 17.5. The van der Waals surface area contributed by atoms with Gasteiger partial charge in [0.15, 0.2) is 5.82 Å². The van der Waals surface area contributed by atoms with Crippen LogP contribution in [-0.2, 0) is 13.0 Å². The molecule has 0 bridgehead atoms. The summed E-state index contributed by atoms with van der Waals surface area (Å²) in [5.74, 6) is 1.63. The SMILES string of the molecule is Cl.Cl.c1ccc(CC2CCN(Cc3ccnc(-c4ccccc4)n3)CC2)cc1. The van der Waals surface area contributed by atoms with Crippen molar-refractivity contribution >= 4 is 24.8 Å². The van der Waals surface area contributed by atoms with E-state index in [0.717, 1.165) is 42.6 Å². The zero-order chi connectivity index (χ0) is 17.6. The lowest BCUT2D eigenvalue weighted by molar-refractivity contribution is 0.175. The molecule has 4 rings (SSSR count). The van der Waals surface area contributed by atoms with Crippen molar-refractivity contribution in [2.75, 3.05) is 13.1 Å². The van der Waals surface area contributed by atoms with Gasteiger partial charge in [0.05, 0.1) is 5.69 Å². The number of halogens is 2. The summed E-state index contributed by atoms with van der Waals surface area (Å²) in [6.07, 6.45) is 5.63. The van der Waals surface area contributed by atoms with Gasteiger partial charge in [-0.2, -0.15) is 0 Å². The summed E-state index contributed by atoms with van der Waals surface area (Å²) in [5, 5.41) is 0. The third-order valence-corrected chi connectivity index (χ3v) is 5.21. The largest absolute Gasteiger partial charge is 0.297 e. The molecular formula is C23H27Cl2N3. The predicted octanol–water partition coefficient (Wildman–Crippen LogP) is 5.44. The Hall–Kier alpha value is -1.94. The summed E-state index contributed by atoms with van der Waals surface area (Å²) in [6.45, 7) is 3.23. The van der Waals surface area contributed by atoms with Crippen LogP contribution in [0, 0.1) is 5.92 Å². The highest BCUT2D eigenvalue weighted by Crippen LogP contribution is 2.23. The maximum atomic E-state index is 4.77. The van der Waals surface area contributed by atoms with Crippen molar-refractivity contribution in [3.8, 4) is 11.4 Å². The average Bonchev–Trinajstić information content (AvgIpc) is 2.71. The van der Waals surface area contributed by atoms with Gasteiger partial charge in [-0.3, -0.25) is 4.90 Å². The monoisotopic (exact) mass is 415 g/mol. The molecule has 3 aromatic rings. The molecule has 0 unspecified atom stereocenters. The van der Waals surface area contributed by atoms with E-state index >= 15 is 0 Å². The van der Waals surface area contributed by atoms with E-state index in [0.29, 0.717) is 0 Å². The fraction of sp³-hybridized carbons (Fsp3) is 0.304. The molecule has 0 radical (unpaired) electrons. The Morgan fingerprint density at radius 1 is 0.821 bits per heavy atom. The van der Waals surface area contributed by atoms with Crippen molar-refractivity contribution in [2.45, 2.75) is 25.8 Å². The summed E-state index contributed by atoms with van der Waals surface area (Å²) in [7, 11) is 0. The maximum absolute atomic E-state index is 4.77. The van der Waals surface area contributed by atoms with E-state index in [9.17, 15) is 0 Å². The van der Waals surface area contributed by atoms with Crippen LogP contribution >= 0.6 is 24.8 Å². The predicted molar refractivity (Wildman–Crippen MR) is 120 cm³/mol. The number of aromatic nitrogens is 2. The number of nitrogens with zero attached hydrogens (tertiary/aromatic N) is 3. The number of benzene rings is 2. The van der Waals surface area contributed by atoms with Crippen LogP contribution in [0.2, 0.25) is 0 Å². The highest BCUT2D eigenvalue weighted by Gasteiger charge is 2.20. The number of hydrogen-bond donors (Lipinski definition) is 0. The van der Waals surface area contributed by atoms with Crippen molar-refractivity contribution in [3.63, 3.8) is 0 Å². The molecule has 0 atom stereocenters. The van der Waals surface area contributed by atoms with E-state index in [4.69, 9.17) is 4.98 Å². The first-order valence-electron chi connectivity index (χ1n) is 9.50. The van der Waals surface area contributed by atoms with Crippen molar-refractivity contribution in [3.05, 3.63) is 84.2 Å². The second-order valence-electron chi connectivity index (χ2n) is 7.15. The van der Waals surface area contributed by atoms with E-state index in [1.54, 1.807) is 0 Å². The normalized spacial score (nSPS) is 14.7. The van der Waals surface area contributed by atoms with Crippen LogP contribution in [0.3, 0.4) is 0 Å². The van der Waals surface area contributed by atoms with E-state index in [-0.39, 0.29) is 24.8 Å². The van der Waals surface area contributed by atoms with Gasteiger partial charge in [-0.05, 0) is 49.9 Å². The molecule has 5 heteroatoms. The van der Waals surface area contributed by atoms with Gasteiger partial charge in [-0.25, -0.2) is 9.97 Å². The third-order valence-electron chi connectivity index (χ3n) is 5.21. The Labute approximate surface area is 180 Å². The Kier molecular flexibility index (Phi) is 8.91. The molecule has 28 heavy (non-hydrogen) atoms. The van der Waals surface area contributed by atoms with Crippen LogP contribution < -0.4 is 0 Å². The molecule has 0 aliphatic carbocycles. The lowest BCUT2D eigenvalue weighted by Crippen LogP contribution is -2.34. The Morgan fingerprint density at radius 2 is 1.46 bits per heavy atom. The summed E-state index contributed by atoms with van der Waals surface area (Å²) in [5.41, 5.74) is 3.66. The van der Waals surface area contributed by atoms with Crippen LogP contribution in [0.1, 0.15) is 24.1 Å². The molecule has 3 nitrogen and oxygen atoms in total. The van der Waals surface area contributed by atoms with Crippen LogP contribution in [0.15, 0.2) is 72.9 Å². The third kappa shape index (κ3) is 6.03. The number of likely N-dealkylation sites (tertiary alicyclic amines) is 1. The van der Waals surface area contributed by atoms with Gasteiger partial charge >= 0.3 is 0 Å². The highest BCUT2D eigenvalue weighted by atomic mass is 35.5. The van der Waals surface area contributed by atoms with Crippen molar-refractivity contribution < 1.29 is 0 Å². The number of piperidine rings is 1. The highest BCUT2D eigenvalue weighted by molar-refractivity contribution is 5.85. The standard InChI is InChI=1S/C23H25N3.2ClH/c1-3-7-19(8-4-1)17-20-12-15-26(16-13-20)18-22-11-14-24-23(25-22)21-9-5-2-6-10-21;;/h1-11,14,20H,12-13,15-18H2;2*1H. The van der Waals surface area contributed by atoms with Crippen LogP contribution in [-0.4, -0.2) is 28.0 Å². The minimum absolute atomic E-state index is 0. The first kappa shape index (κ1) is 22.4. The lowest BCUT2D eigenvalue weighted by atomic mass is 9.90. The molecule has 2 aromatic carbocycles. The molecule has 0 spiro atoms. The van der Waals surface area contributed by atoms with Gasteiger partial charge in [0, 0.05) is 18.3 Å². The van der Waals surface area contributed by atoms with Crippen molar-refractivity contribution in [2.24, 2.45) is 5.92 Å². The summed E-state index contributed by atoms with van der Waals surface area (Å²) >= 11 is 0. The molecule has 0 N–H and O–H groups in total. The smallest absolute Gasteiger partial charge is 0.159 e. The zero-order valence-electron chi connectivity index (χ0n) is 15.9. The summed E-state index contributed by atoms with van der Waals surface area (Å²) < 4.78 is 0. The van der Waals surface area contributed by atoms with E-state index < -0.39 is 0 Å². The molecule has 2 heterocycles. The minimum atomic E-state index is 0.